The molecule has 2 rings (SSSR count). The van der Waals surface area contributed by atoms with Crippen molar-refractivity contribution in [1.82, 2.24) is 9.97 Å². The fourth-order valence-electron chi connectivity index (χ4n) is 1.78. The number of hydrogen-bond acceptors (Lipinski definition) is 2. The Hall–Kier alpha value is -0.100. The van der Waals surface area contributed by atoms with E-state index in [2.05, 4.69) is 46.4 Å². The van der Waals surface area contributed by atoms with Crippen molar-refractivity contribution >= 4 is 57.4 Å². The topological polar surface area (TPSA) is 25.8 Å². The Kier molecular flexibility index (Phi) is 5.51. The van der Waals surface area contributed by atoms with Gasteiger partial charge in [-0.05, 0) is 47.1 Å². The Balaban J connectivity index is 2.57. The van der Waals surface area contributed by atoms with E-state index in [0.717, 1.165) is 15.7 Å². The monoisotopic (exact) mass is 440 g/mol. The summed E-state index contributed by atoms with van der Waals surface area (Å²) < 4.78 is 0.889. The molecule has 0 radical (unpaired) electrons. The van der Waals surface area contributed by atoms with Gasteiger partial charge in [0.1, 0.15) is 5.15 Å². The van der Waals surface area contributed by atoms with Crippen molar-refractivity contribution in [2.45, 2.75) is 20.3 Å². The minimum atomic E-state index is 0.446. The summed E-state index contributed by atoms with van der Waals surface area (Å²) in [5, 5.41) is 1.37. The third-order valence-electron chi connectivity index (χ3n) is 2.67. The van der Waals surface area contributed by atoms with Crippen molar-refractivity contribution in [2.75, 3.05) is 0 Å². The van der Waals surface area contributed by atoms with Gasteiger partial charge in [-0.25, -0.2) is 9.97 Å². The van der Waals surface area contributed by atoms with Crippen LogP contribution in [0.25, 0.3) is 11.4 Å². The Morgan fingerprint density at radius 2 is 1.85 bits per heavy atom. The van der Waals surface area contributed by atoms with Crippen LogP contribution in [0.5, 0.6) is 0 Å². The first-order valence-electron chi connectivity index (χ1n) is 6.06. The van der Waals surface area contributed by atoms with Crippen LogP contribution in [-0.2, 0) is 6.42 Å². The average molecular weight is 442 g/mol. The summed E-state index contributed by atoms with van der Waals surface area (Å²) in [6.45, 7) is 4.27. The zero-order valence-electron chi connectivity index (χ0n) is 10.9. The molecule has 0 N–H and O–H groups in total. The summed E-state index contributed by atoms with van der Waals surface area (Å²) in [5.74, 6) is 0.996. The van der Waals surface area contributed by atoms with Gasteiger partial charge in [0.2, 0.25) is 0 Å². The standard InChI is InChI=1S/C14H12Cl3IN2/c1-7(2)6-10-12(18)13(17)20-14(19-10)8-4-3-5-9(15)11(8)16/h3-5,7H,6H2,1-2H3. The summed E-state index contributed by atoms with van der Waals surface area (Å²) in [7, 11) is 0. The van der Waals surface area contributed by atoms with E-state index < -0.39 is 0 Å². The molecule has 0 aliphatic heterocycles. The number of rotatable bonds is 3. The summed E-state index contributed by atoms with van der Waals surface area (Å²) in [4.78, 5) is 8.92. The van der Waals surface area contributed by atoms with Gasteiger partial charge in [0.15, 0.2) is 5.82 Å². The van der Waals surface area contributed by atoms with Crippen molar-refractivity contribution < 1.29 is 0 Å². The maximum Gasteiger partial charge on any atom is 0.162 e. The molecular formula is C14H12Cl3IN2. The molecule has 0 bridgehead atoms. The predicted molar refractivity (Wildman–Crippen MR) is 93.8 cm³/mol. The van der Waals surface area contributed by atoms with Gasteiger partial charge < -0.3 is 0 Å². The zero-order valence-corrected chi connectivity index (χ0v) is 15.3. The van der Waals surface area contributed by atoms with Crippen LogP contribution in [0.3, 0.4) is 0 Å². The van der Waals surface area contributed by atoms with Crippen LogP contribution in [0, 0.1) is 9.49 Å². The van der Waals surface area contributed by atoms with Gasteiger partial charge in [-0.2, -0.15) is 0 Å². The number of halogens is 4. The fraction of sp³-hybridized carbons (Fsp3) is 0.286. The highest BCUT2D eigenvalue weighted by atomic mass is 127. The molecule has 20 heavy (non-hydrogen) atoms. The van der Waals surface area contributed by atoms with Crippen molar-refractivity contribution in [3.05, 3.63) is 42.7 Å². The molecule has 6 heteroatoms. The predicted octanol–water partition coefficient (Wildman–Crippen LogP) is 5.91. The minimum Gasteiger partial charge on any atom is -0.232 e. The lowest BCUT2D eigenvalue weighted by molar-refractivity contribution is 0.632. The highest BCUT2D eigenvalue weighted by molar-refractivity contribution is 14.1. The molecular weight excluding hydrogens is 429 g/mol. The fourth-order valence-corrected chi connectivity index (χ4v) is 2.82. The molecule has 0 aliphatic rings. The Morgan fingerprint density at radius 1 is 1.15 bits per heavy atom. The molecule has 0 saturated heterocycles. The van der Waals surface area contributed by atoms with Gasteiger partial charge in [0.05, 0.1) is 19.3 Å². The molecule has 0 spiro atoms. The second-order valence-corrected chi connectivity index (χ2v) is 7.02. The third kappa shape index (κ3) is 3.56. The first kappa shape index (κ1) is 16.3. The van der Waals surface area contributed by atoms with E-state index in [1.807, 2.05) is 12.1 Å². The Morgan fingerprint density at radius 3 is 2.50 bits per heavy atom. The number of aromatic nitrogens is 2. The number of nitrogens with zero attached hydrogens (tertiary/aromatic N) is 2. The van der Waals surface area contributed by atoms with Crippen LogP contribution in [0.2, 0.25) is 15.2 Å². The van der Waals surface area contributed by atoms with Crippen molar-refractivity contribution in [3.8, 4) is 11.4 Å². The van der Waals surface area contributed by atoms with Crippen LogP contribution in [0.1, 0.15) is 19.5 Å². The maximum atomic E-state index is 6.22. The lowest BCUT2D eigenvalue weighted by Crippen LogP contribution is -2.04. The van der Waals surface area contributed by atoms with Crippen LogP contribution in [0.15, 0.2) is 18.2 Å². The molecule has 0 aliphatic carbocycles. The molecule has 0 atom stereocenters. The van der Waals surface area contributed by atoms with Gasteiger partial charge in [-0.3, -0.25) is 0 Å². The second kappa shape index (κ2) is 6.77. The average Bonchev–Trinajstić information content (AvgIpc) is 2.37. The van der Waals surface area contributed by atoms with E-state index in [9.17, 15) is 0 Å². The van der Waals surface area contributed by atoms with E-state index in [1.165, 1.54) is 0 Å². The highest BCUT2D eigenvalue weighted by Gasteiger charge is 2.16. The number of hydrogen-bond donors (Lipinski definition) is 0. The molecule has 1 aromatic heterocycles. The third-order valence-corrected chi connectivity index (χ3v) is 5.22. The van der Waals surface area contributed by atoms with Gasteiger partial charge in [0.25, 0.3) is 0 Å². The van der Waals surface area contributed by atoms with E-state index in [0.29, 0.717) is 32.5 Å². The van der Waals surface area contributed by atoms with E-state index in [4.69, 9.17) is 34.8 Å². The summed E-state index contributed by atoms with van der Waals surface area (Å²) in [6.07, 6.45) is 0.839. The minimum absolute atomic E-state index is 0.446. The molecule has 0 unspecified atom stereocenters. The first-order valence-corrected chi connectivity index (χ1v) is 8.27. The molecule has 0 saturated carbocycles. The quantitative estimate of drug-likeness (QED) is 0.437. The highest BCUT2D eigenvalue weighted by Crippen LogP contribution is 2.33. The molecule has 1 aromatic carbocycles. The molecule has 0 amide bonds. The zero-order chi connectivity index (χ0) is 14.9. The van der Waals surface area contributed by atoms with Gasteiger partial charge in [-0.1, -0.05) is 54.7 Å². The van der Waals surface area contributed by atoms with E-state index in [-0.39, 0.29) is 0 Å². The summed E-state index contributed by atoms with van der Waals surface area (Å²) in [6, 6.07) is 5.39. The van der Waals surface area contributed by atoms with Crippen molar-refractivity contribution in [1.29, 1.82) is 0 Å². The smallest absolute Gasteiger partial charge is 0.162 e. The summed E-state index contributed by atoms with van der Waals surface area (Å²) in [5.41, 5.74) is 1.63. The lowest BCUT2D eigenvalue weighted by atomic mass is 10.1. The molecule has 1 heterocycles. The number of benzene rings is 1. The van der Waals surface area contributed by atoms with Crippen LogP contribution < -0.4 is 0 Å². The lowest BCUT2D eigenvalue weighted by Gasteiger charge is -2.11. The van der Waals surface area contributed by atoms with Crippen LogP contribution in [-0.4, -0.2) is 9.97 Å². The van der Waals surface area contributed by atoms with E-state index in [1.54, 1.807) is 6.07 Å². The van der Waals surface area contributed by atoms with Crippen molar-refractivity contribution in [3.63, 3.8) is 0 Å². The normalized spacial score (nSPS) is 11.2. The maximum absolute atomic E-state index is 6.22. The largest absolute Gasteiger partial charge is 0.232 e. The van der Waals surface area contributed by atoms with Crippen molar-refractivity contribution in [2.24, 2.45) is 5.92 Å². The van der Waals surface area contributed by atoms with E-state index >= 15 is 0 Å². The SMILES string of the molecule is CC(C)Cc1nc(-c2cccc(Cl)c2Cl)nc(Cl)c1I. The van der Waals surface area contributed by atoms with Crippen LogP contribution in [0.4, 0.5) is 0 Å². The van der Waals surface area contributed by atoms with Gasteiger partial charge in [-0.15, -0.1) is 0 Å². The van der Waals surface area contributed by atoms with Gasteiger partial charge >= 0.3 is 0 Å². The molecule has 2 aromatic rings. The Labute approximate surface area is 147 Å². The molecule has 106 valence electrons. The molecule has 2 nitrogen and oxygen atoms in total. The second-order valence-electron chi connectivity index (χ2n) is 4.80. The molecule has 0 fully saturated rings. The summed E-state index contributed by atoms with van der Waals surface area (Å²) >= 11 is 20.6. The Bertz CT molecular complexity index is 645. The van der Waals surface area contributed by atoms with Gasteiger partial charge in [0, 0.05) is 5.56 Å². The van der Waals surface area contributed by atoms with Crippen LogP contribution >= 0.6 is 57.4 Å². The first-order chi connectivity index (χ1) is 9.40.